The van der Waals surface area contributed by atoms with Crippen molar-refractivity contribution in [2.75, 3.05) is 59.7 Å². The Kier molecular flexibility index (Phi) is 10.1. The Balaban J connectivity index is 2.11. The first-order valence-corrected chi connectivity index (χ1v) is 9.21. The van der Waals surface area contributed by atoms with E-state index < -0.39 is 17.5 Å². The average Bonchev–Trinajstić information content (AvgIpc) is 2.59. The molecule has 0 atom stereocenters. The zero-order chi connectivity index (χ0) is 20.3. The molecular formula is C18H32N2O7. The molecule has 0 aliphatic carbocycles. The van der Waals surface area contributed by atoms with Crippen molar-refractivity contribution in [3.63, 3.8) is 0 Å². The molecule has 0 radical (unpaired) electrons. The zero-order valence-electron chi connectivity index (χ0n) is 16.8. The van der Waals surface area contributed by atoms with E-state index in [2.05, 4.69) is 4.90 Å². The second-order valence-electron chi connectivity index (χ2n) is 7.24. The lowest BCUT2D eigenvalue weighted by molar-refractivity contribution is -0.151. The smallest absolute Gasteiger partial charge is 0.410 e. The van der Waals surface area contributed by atoms with Crippen LogP contribution in [-0.4, -0.2) is 93.1 Å². The third-order valence-corrected chi connectivity index (χ3v) is 3.78. The van der Waals surface area contributed by atoms with Gasteiger partial charge >= 0.3 is 18.0 Å². The molecule has 9 heteroatoms. The zero-order valence-corrected chi connectivity index (χ0v) is 16.8. The number of nitrogens with zero attached hydrogens (tertiary/aromatic N) is 2. The van der Waals surface area contributed by atoms with Gasteiger partial charge in [-0.25, -0.2) is 4.79 Å². The van der Waals surface area contributed by atoms with Gasteiger partial charge in [-0.05, 0) is 20.8 Å². The Hall–Kier alpha value is -1.87. The van der Waals surface area contributed by atoms with Crippen molar-refractivity contribution in [2.24, 2.45) is 0 Å². The Morgan fingerprint density at radius 3 is 1.93 bits per heavy atom. The minimum Gasteiger partial charge on any atom is -0.464 e. The predicted molar refractivity (Wildman–Crippen MR) is 97.3 cm³/mol. The van der Waals surface area contributed by atoms with Crippen LogP contribution in [0.3, 0.4) is 0 Å². The normalized spacial score (nSPS) is 15.3. The summed E-state index contributed by atoms with van der Waals surface area (Å²) in [5.41, 5.74) is -0.501. The SMILES string of the molecule is COCCOC(=O)CCC(=O)OCCN1CCN(C(=O)OC(C)(C)C)CC1. The molecule has 0 unspecified atom stereocenters. The molecule has 0 aromatic heterocycles. The maximum Gasteiger partial charge on any atom is 0.410 e. The summed E-state index contributed by atoms with van der Waals surface area (Å²) in [5.74, 6) is -0.867. The molecule has 0 spiro atoms. The van der Waals surface area contributed by atoms with Gasteiger partial charge in [0.2, 0.25) is 0 Å². The van der Waals surface area contributed by atoms with Crippen LogP contribution in [0.1, 0.15) is 33.6 Å². The number of hydrogen-bond acceptors (Lipinski definition) is 8. The van der Waals surface area contributed by atoms with E-state index in [1.807, 2.05) is 20.8 Å². The van der Waals surface area contributed by atoms with E-state index >= 15 is 0 Å². The summed E-state index contributed by atoms with van der Waals surface area (Å²) >= 11 is 0. The van der Waals surface area contributed by atoms with Crippen molar-refractivity contribution >= 4 is 18.0 Å². The molecule has 9 nitrogen and oxygen atoms in total. The molecule has 0 bridgehead atoms. The highest BCUT2D eigenvalue weighted by Gasteiger charge is 2.25. The molecule has 1 aliphatic heterocycles. The molecule has 0 aromatic carbocycles. The first-order valence-electron chi connectivity index (χ1n) is 9.21. The van der Waals surface area contributed by atoms with Gasteiger partial charge in [0.1, 0.15) is 18.8 Å². The van der Waals surface area contributed by atoms with Gasteiger partial charge in [-0.3, -0.25) is 14.5 Å². The lowest BCUT2D eigenvalue weighted by Gasteiger charge is -2.35. The Labute approximate surface area is 160 Å². The summed E-state index contributed by atoms with van der Waals surface area (Å²) in [6, 6.07) is 0. The second kappa shape index (κ2) is 11.8. The van der Waals surface area contributed by atoms with Gasteiger partial charge in [-0.2, -0.15) is 0 Å². The molecule has 1 aliphatic rings. The van der Waals surface area contributed by atoms with Gasteiger partial charge in [-0.1, -0.05) is 0 Å². The number of methoxy groups -OCH3 is 1. The van der Waals surface area contributed by atoms with E-state index in [1.165, 1.54) is 7.11 Å². The maximum absolute atomic E-state index is 12.0. The fourth-order valence-corrected chi connectivity index (χ4v) is 2.36. The fourth-order valence-electron chi connectivity index (χ4n) is 2.36. The third-order valence-electron chi connectivity index (χ3n) is 3.78. The van der Waals surface area contributed by atoms with Crippen LogP contribution in [-0.2, 0) is 28.5 Å². The second-order valence-corrected chi connectivity index (χ2v) is 7.24. The van der Waals surface area contributed by atoms with Crippen LogP contribution in [0.25, 0.3) is 0 Å². The molecule has 27 heavy (non-hydrogen) atoms. The van der Waals surface area contributed by atoms with E-state index in [0.717, 1.165) is 0 Å². The van der Waals surface area contributed by atoms with Gasteiger partial charge in [-0.15, -0.1) is 0 Å². The topological polar surface area (TPSA) is 94.6 Å². The summed E-state index contributed by atoms with van der Waals surface area (Å²) in [6.07, 6.45) is -0.305. The van der Waals surface area contributed by atoms with Crippen LogP contribution in [0, 0.1) is 0 Å². The molecule has 1 rings (SSSR count). The van der Waals surface area contributed by atoms with Crippen LogP contribution >= 0.6 is 0 Å². The summed E-state index contributed by atoms with van der Waals surface area (Å²) in [4.78, 5) is 38.8. The highest BCUT2D eigenvalue weighted by molar-refractivity contribution is 5.77. The summed E-state index contributed by atoms with van der Waals surface area (Å²) in [6.45, 7) is 9.43. The number of esters is 2. The fraction of sp³-hybridized carbons (Fsp3) is 0.833. The highest BCUT2D eigenvalue weighted by Crippen LogP contribution is 2.11. The van der Waals surface area contributed by atoms with Crippen molar-refractivity contribution in [1.82, 2.24) is 9.80 Å². The molecule has 0 saturated carbocycles. The van der Waals surface area contributed by atoms with Crippen LogP contribution in [0.2, 0.25) is 0 Å². The van der Waals surface area contributed by atoms with Crippen LogP contribution in [0.15, 0.2) is 0 Å². The van der Waals surface area contributed by atoms with Gasteiger partial charge in [0.15, 0.2) is 0 Å². The number of ether oxygens (including phenoxy) is 4. The Morgan fingerprint density at radius 2 is 1.41 bits per heavy atom. The molecule has 156 valence electrons. The number of rotatable bonds is 9. The van der Waals surface area contributed by atoms with Gasteiger partial charge < -0.3 is 23.8 Å². The molecular weight excluding hydrogens is 356 g/mol. The van der Waals surface area contributed by atoms with E-state index in [9.17, 15) is 14.4 Å². The van der Waals surface area contributed by atoms with Crippen molar-refractivity contribution in [3.05, 3.63) is 0 Å². The van der Waals surface area contributed by atoms with Crippen molar-refractivity contribution < 1.29 is 33.3 Å². The standard InChI is InChI=1S/C18H32N2O7/c1-18(2,3)27-17(23)20-9-7-19(8-10-20)11-12-25-15(21)5-6-16(22)26-14-13-24-4/h5-14H2,1-4H3. The van der Waals surface area contributed by atoms with E-state index in [-0.39, 0.29) is 32.1 Å². The maximum atomic E-state index is 12.0. The van der Waals surface area contributed by atoms with E-state index in [0.29, 0.717) is 39.3 Å². The largest absolute Gasteiger partial charge is 0.464 e. The average molecular weight is 388 g/mol. The number of piperazine rings is 1. The summed E-state index contributed by atoms with van der Waals surface area (Å²) in [5, 5.41) is 0. The first kappa shape index (κ1) is 23.2. The summed E-state index contributed by atoms with van der Waals surface area (Å²) in [7, 11) is 1.52. The molecule has 0 N–H and O–H groups in total. The van der Waals surface area contributed by atoms with Crippen LogP contribution in [0.5, 0.6) is 0 Å². The monoisotopic (exact) mass is 388 g/mol. The predicted octanol–water partition coefficient (Wildman–Crippen LogP) is 1.05. The van der Waals surface area contributed by atoms with Crippen LogP contribution in [0.4, 0.5) is 4.79 Å². The minimum atomic E-state index is -0.501. The molecule has 1 heterocycles. The Morgan fingerprint density at radius 1 is 0.852 bits per heavy atom. The molecule has 1 saturated heterocycles. The number of amides is 1. The number of carbonyl (C=O) groups excluding carboxylic acids is 3. The summed E-state index contributed by atoms with van der Waals surface area (Å²) < 4.78 is 20.1. The lowest BCUT2D eigenvalue weighted by atomic mass is 10.2. The Bertz CT molecular complexity index is 483. The highest BCUT2D eigenvalue weighted by atomic mass is 16.6. The van der Waals surface area contributed by atoms with Gasteiger partial charge in [0.25, 0.3) is 0 Å². The molecule has 1 amide bonds. The van der Waals surface area contributed by atoms with E-state index in [1.54, 1.807) is 4.90 Å². The van der Waals surface area contributed by atoms with Crippen LogP contribution < -0.4 is 0 Å². The van der Waals surface area contributed by atoms with Crippen molar-refractivity contribution in [3.8, 4) is 0 Å². The minimum absolute atomic E-state index is 0.00175. The lowest BCUT2D eigenvalue weighted by Crippen LogP contribution is -2.50. The number of carbonyl (C=O) groups is 3. The molecule has 0 aromatic rings. The quantitative estimate of drug-likeness (QED) is 0.329. The van der Waals surface area contributed by atoms with Gasteiger partial charge in [0, 0.05) is 39.8 Å². The number of hydrogen-bond donors (Lipinski definition) is 0. The van der Waals surface area contributed by atoms with E-state index in [4.69, 9.17) is 18.9 Å². The van der Waals surface area contributed by atoms with Crippen molar-refractivity contribution in [2.45, 2.75) is 39.2 Å². The third kappa shape index (κ3) is 10.8. The van der Waals surface area contributed by atoms with Crippen molar-refractivity contribution in [1.29, 1.82) is 0 Å². The first-order chi connectivity index (χ1) is 12.7. The van der Waals surface area contributed by atoms with Gasteiger partial charge in [0.05, 0.1) is 19.4 Å². The molecule has 1 fully saturated rings.